The van der Waals surface area contributed by atoms with Crippen molar-refractivity contribution in [1.29, 1.82) is 0 Å². The predicted octanol–water partition coefficient (Wildman–Crippen LogP) is 5.35. The molecule has 164 valence electrons. The molecule has 0 spiro atoms. The van der Waals surface area contributed by atoms with Crippen LogP contribution in [-0.4, -0.2) is 6.71 Å². The summed E-state index contributed by atoms with van der Waals surface area (Å²) in [7, 11) is 0. The molecule has 0 nitrogen and oxygen atoms in total. The first kappa shape index (κ1) is 23.0. The Morgan fingerprint density at radius 3 is 1.32 bits per heavy atom. The summed E-state index contributed by atoms with van der Waals surface area (Å²) in [6, 6.07) is 0. The van der Waals surface area contributed by atoms with Crippen LogP contribution in [0, 0.1) is 58.2 Å². The maximum absolute atomic E-state index is 14.4. The molecule has 1 aliphatic carbocycles. The summed E-state index contributed by atoms with van der Waals surface area (Å²) in [5.41, 5.74) is -2.54. The molecule has 0 saturated heterocycles. The van der Waals surface area contributed by atoms with Gasteiger partial charge in [-0.15, -0.1) is 0 Å². The summed E-state index contributed by atoms with van der Waals surface area (Å²) in [6.07, 6.45) is 5.10. The van der Waals surface area contributed by atoms with E-state index in [1.165, 1.54) is 0 Å². The van der Waals surface area contributed by atoms with Gasteiger partial charge in [-0.2, -0.15) is 0 Å². The van der Waals surface area contributed by atoms with Gasteiger partial charge in [0.05, 0.1) is 0 Å². The Balaban J connectivity index is 2.18. The zero-order valence-corrected chi connectivity index (χ0v) is 15.4. The first-order chi connectivity index (χ1) is 14.6. The molecular formula is C20H11BF10. The van der Waals surface area contributed by atoms with E-state index in [-0.39, 0.29) is 12.8 Å². The van der Waals surface area contributed by atoms with Crippen molar-refractivity contribution >= 4 is 17.6 Å². The first-order valence-corrected chi connectivity index (χ1v) is 8.95. The molecule has 3 rings (SSSR count). The molecule has 0 unspecified atom stereocenters. The van der Waals surface area contributed by atoms with E-state index in [1.807, 2.05) is 0 Å². The van der Waals surface area contributed by atoms with Crippen molar-refractivity contribution in [1.82, 2.24) is 0 Å². The van der Waals surface area contributed by atoms with Gasteiger partial charge in [-0.25, -0.2) is 43.9 Å². The van der Waals surface area contributed by atoms with E-state index in [2.05, 4.69) is 0 Å². The second kappa shape index (κ2) is 8.80. The minimum absolute atomic E-state index is 0.100. The van der Waals surface area contributed by atoms with Gasteiger partial charge in [-0.3, -0.25) is 0 Å². The largest absolute Gasteiger partial charge is 0.225 e. The van der Waals surface area contributed by atoms with Crippen LogP contribution in [0.25, 0.3) is 0 Å². The van der Waals surface area contributed by atoms with Crippen LogP contribution >= 0.6 is 0 Å². The highest BCUT2D eigenvalue weighted by Gasteiger charge is 2.39. The van der Waals surface area contributed by atoms with Gasteiger partial charge in [0.25, 0.3) is 0 Å². The fourth-order valence-electron chi connectivity index (χ4n) is 3.50. The van der Waals surface area contributed by atoms with E-state index in [4.69, 9.17) is 0 Å². The maximum Gasteiger partial charge on any atom is 0.225 e. The molecule has 31 heavy (non-hydrogen) atoms. The third-order valence-corrected chi connectivity index (χ3v) is 5.02. The second-order valence-electron chi connectivity index (χ2n) is 6.87. The van der Waals surface area contributed by atoms with Crippen LogP contribution in [0.15, 0.2) is 23.8 Å². The molecular weight excluding hydrogens is 441 g/mol. The Morgan fingerprint density at radius 1 is 0.581 bits per heavy atom. The highest BCUT2D eigenvalue weighted by Crippen LogP contribution is 2.24. The lowest BCUT2D eigenvalue weighted by molar-refractivity contribution is 0.382. The fourth-order valence-corrected chi connectivity index (χ4v) is 3.50. The molecule has 0 saturated carbocycles. The van der Waals surface area contributed by atoms with Crippen LogP contribution in [0.4, 0.5) is 43.9 Å². The lowest BCUT2D eigenvalue weighted by atomic mass is 9.37. The number of halogens is 10. The Bertz CT molecular complexity index is 979. The second-order valence-corrected chi connectivity index (χ2v) is 6.87. The molecule has 0 N–H and O–H groups in total. The van der Waals surface area contributed by atoms with Gasteiger partial charge in [-0.05, 0) is 12.8 Å². The Kier molecular flexibility index (Phi) is 6.52. The third-order valence-electron chi connectivity index (χ3n) is 5.02. The summed E-state index contributed by atoms with van der Waals surface area (Å²) in [5, 5.41) is 0. The van der Waals surface area contributed by atoms with Gasteiger partial charge in [0, 0.05) is 10.9 Å². The molecule has 0 fully saturated rings. The molecule has 0 radical (unpaired) electrons. The average molecular weight is 452 g/mol. The van der Waals surface area contributed by atoms with Crippen LogP contribution in [0.1, 0.15) is 19.3 Å². The van der Waals surface area contributed by atoms with Crippen molar-refractivity contribution in [3.05, 3.63) is 82.0 Å². The van der Waals surface area contributed by atoms with Crippen molar-refractivity contribution in [2.75, 3.05) is 0 Å². The first-order valence-electron chi connectivity index (χ1n) is 8.95. The van der Waals surface area contributed by atoms with E-state index in [0.717, 1.165) is 5.57 Å². The van der Waals surface area contributed by atoms with Crippen LogP contribution in [0.2, 0.25) is 6.32 Å². The molecule has 0 atom stereocenters. The fraction of sp³-hybridized carbons (Fsp3) is 0.200. The molecule has 0 bridgehead atoms. The monoisotopic (exact) mass is 452 g/mol. The van der Waals surface area contributed by atoms with E-state index in [1.54, 1.807) is 18.2 Å². The predicted molar refractivity (Wildman–Crippen MR) is 93.4 cm³/mol. The van der Waals surface area contributed by atoms with Gasteiger partial charge in [0.15, 0.2) is 58.2 Å². The molecule has 1 aliphatic rings. The maximum atomic E-state index is 14.4. The zero-order chi connectivity index (χ0) is 23.0. The lowest BCUT2D eigenvalue weighted by Crippen LogP contribution is -2.50. The van der Waals surface area contributed by atoms with E-state index < -0.39 is 82.1 Å². The summed E-state index contributed by atoms with van der Waals surface area (Å²) in [5.74, 6) is -24.3. The number of rotatable bonds is 6. The van der Waals surface area contributed by atoms with Crippen molar-refractivity contribution in [2.45, 2.75) is 25.6 Å². The highest BCUT2D eigenvalue weighted by atomic mass is 19.2. The zero-order valence-electron chi connectivity index (χ0n) is 15.4. The van der Waals surface area contributed by atoms with Crippen molar-refractivity contribution in [3.63, 3.8) is 0 Å². The Morgan fingerprint density at radius 2 is 0.968 bits per heavy atom. The average Bonchev–Trinajstić information content (AvgIpc) is 3.27. The Hall–Kier alpha value is -2.72. The van der Waals surface area contributed by atoms with Gasteiger partial charge in [0.2, 0.25) is 6.71 Å². The van der Waals surface area contributed by atoms with Gasteiger partial charge in [-0.1, -0.05) is 36.5 Å². The third kappa shape index (κ3) is 3.97. The summed E-state index contributed by atoms with van der Waals surface area (Å²) >= 11 is 0. The number of hydrogen-bond acceptors (Lipinski definition) is 0. The smallest absolute Gasteiger partial charge is 0.204 e. The molecule has 0 amide bonds. The molecule has 0 heterocycles. The van der Waals surface area contributed by atoms with Crippen LogP contribution in [-0.2, 0) is 0 Å². The summed E-state index contributed by atoms with van der Waals surface area (Å²) in [6.45, 7) is -2.33. The van der Waals surface area contributed by atoms with E-state index in [0.29, 0.717) is 6.42 Å². The van der Waals surface area contributed by atoms with Crippen molar-refractivity contribution in [2.24, 2.45) is 0 Å². The molecule has 2 aromatic carbocycles. The summed E-state index contributed by atoms with van der Waals surface area (Å²) in [4.78, 5) is 0. The number of benzene rings is 2. The lowest BCUT2D eigenvalue weighted by Gasteiger charge is -2.19. The van der Waals surface area contributed by atoms with Gasteiger partial charge < -0.3 is 0 Å². The minimum atomic E-state index is -2.52. The van der Waals surface area contributed by atoms with Crippen LogP contribution < -0.4 is 10.9 Å². The SMILES string of the molecule is Fc1c(F)c(F)c(B(CCCC2=CC=CC2)c2c(F)c(F)c(F)c(F)c2F)c(F)c1F. The van der Waals surface area contributed by atoms with Crippen LogP contribution in [0.5, 0.6) is 0 Å². The number of allylic oxidation sites excluding steroid dienone is 4. The molecule has 0 aliphatic heterocycles. The standard InChI is InChI=1S/C20H11BF10/c22-11-9(12(23)16(27)19(30)15(11)26)21(7-3-6-8-4-1-2-5-8)10-13(24)17(28)20(31)18(29)14(10)25/h1-2,4H,3,5-7H2. The van der Waals surface area contributed by atoms with E-state index >= 15 is 0 Å². The van der Waals surface area contributed by atoms with Gasteiger partial charge in [0.1, 0.15) is 0 Å². The quantitative estimate of drug-likeness (QED) is 0.240. The highest BCUT2D eigenvalue weighted by molar-refractivity contribution is 6.85. The van der Waals surface area contributed by atoms with E-state index in [9.17, 15) is 43.9 Å². The van der Waals surface area contributed by atoms with Crippen molar-refractivity contribution in [3.8, 4) is 0 Å². The van der Waals surface area contributed by atoms with Crippen molar-refractivity contribution < 1.29 is 43.9 Å². The number of hydrogen-bond donors (Lipinski definition) is 0. The molecule has 11 heteroatoms. The summed E-state index contributed by atoms with van der Waals surface area (Å²) < 4.78 is 139. The minimum Gasteiger partial charge on any atom is -0.204 e. The Labute approximate surface area is 170 Å². The van der Waals surface area contributed by atoms with Crippen LogP contribution in [0.3, 0.4) is 0 Å². The van der Waals surface area contributed by atoms with Gasteiger partial charge >= 0.3 is 0 Å². The molecule has 0 aromatic heterocycles. The normalized spacial score (nSPS) is 13.2. The topological polar surface area (TPSA) is 0 Å². The molecule has 2 aromatic rings.